The molecule has 0 aromatic carbocycles. The van der Waals surface area contributed by atoms with Gasteiger partial charge in [0, 0.05) is 13.1 Å². The van der Waals surface area contributed by atoms with Crippen molar-refractivity contribution in [2.45, 2.75) is 12.8 Å². The smallest absolute Gasteiger partial charge is 0.308 e. The number of carbonyl (C=O) groups excluding carboxylic acids is 1. The number of amides is 1. The Morgan fingerprint density at radius 1 is 1.56 bits per heavy atom. The van der Waals surface area contributed by atoms with Crippen molar-refractivity contribution in [1.29, 1.82) is 0 Å². The van der Waals surface area contributed by atoms with Crippen LogP contribution in [0.1, 0.15) is 23.2 Å². The van der Waals surface area contributed by atoms with Gasteiger partial charge in [0.25, 0.3) is 5.91 Å². The molecule has 1 aromatic rings. The zero-order chi connectivity index (χ0) is 11.5. The molecule has 0 aliphatic carbocycles. The van der Waals surface area contributed by atoms with E-state index < -0.39 is 11.9 Å². The Labute approximate surface area is 91.8 Å². The number of likely N-dealkylation sites (tertiary alicyclic amines) is 1. The topological polar surface area (TPSA) is 83.6 Å². The van der Waals surface area contributed by atoms with Crippen molar-refractivity contribution in [3.05, 3.63) is 18.0 Å². The summed E-state index contributed by atoms with van der Waals surface area (Å²) in [4.78, 5) is 24.2. The Morgan fingerprint density at radius 2 is 2.38 bits per heavy atom. The first-order valence-electron chi connectivity index (χ1n) is 5.10. The molecule has 16 heavy (non-hydrogen) atoms. The Balaban J connectivity index is 2.05. The van der Waals surface area contributed by atoms with Gasteiger partial charge in [-0.3, -0.25) is 9.59 Å². The van der Waals surface area contributed by atoms with Crippen LogP contribution in [0.5, 0.6) is 0 Å². The highest BCUT2D eigenvalue weighted by Crippen LogP contribution is 2.18. The summed E-state index contributed by atoms with van der Waals surface area (Å²) in [5.74, 6) is -1.52. The van der Waals surface area contributed by atoms with Crippen LogP contribution in [0, 0.1) is 5.92 Å². The van der Waals surface area contributed by atoms with E-state index in [-0.39, 0.29) is 12.5 Å². The number of aromatic nitrogens is 1. The first-order valence-corrected chi connectivity index (χ1v) is 5.10. The van der Waals surface area contributed by atoms with Gasteiger partial charge < -0.3 is 14.5 Å². The standard InChI is InChI=1S/C10H12N2O4/c13-9(8-4-11-16-6-8)12-3-1-2-7(5-12)10(14)15/h4,6-7H,1-3,5H2,(H,14,15). The summed E-state index contributed by atoms with van der Waals surface area (Å²) >= 11 is 0. The second-order valence-electron chi connectivity index (χ2n) is 3.84. The van der Waals surface area contributed by atoms with Gasteiger partial charge >= 0.3 is 5.97 Å². The molecule has 6 heteroatoms. The molecule has 0 bridgehead atoms. The van der Waals surface area contributed by atoms with Gasteiger partial charge in [0.2, 0.25) is 0 Å². The maximum absolute atomic E-state index is 11.9. The number of carbonyl (C=O) groups is 2. The lowest BCUT2D eigenvalue weighted by atomic mass is 9.98. The van der Waals surface area contributed by atoms with Crippen molar-refractivity contribution >= 4 is 11.9 Å². The fourth-order valence-corrected chi connectivity index (χ4v) is 1.86. The second kappa shape index (κ2) is 4.34. The second-order valence-corrected chi connectivity index (χ2v) is 3.84. The minimum absolute atomic E-state index is 0.216. The summed E-state index contributed by atoms with van der Waals surface area (Å²) < 4.78 is 4.59. The number of carboxylic acid groups (broad SMARTS) is 1. The maximum atomic E-state index is 11.9. The normalized spacial score (nSPS) is 20.8. The Hall–Kier alpha value is -1.85. The van der Waals surface area contributed by atoms with Gasteiger partial charge in [0.05, 0.1) is 17.7 Å². The van der Waals surface area contributed by atoms with Gasteiger partial charge in [-0.1, -0.05) is 5.16 Å². The summed E-state index contributed by atoms with van der Waals surface area (Å²) in [5, 5.41) is 12.4. The van der Waals surface area contributed by atoms with E-state index in [1.807, 2.05) is 0 Å². The largest absolute Gasteiger partial charge is 0.481 e. The summed E-state index contributed by atoms with van der Waals surface area (Å²) in [5.41, 5.74) is 0.367. The van der Waals surface area contributed by atoms with E-state index in [9.17, 15) is 9.59 Å². The van der Waals surface area contributed by atoms with Crippen LogP contribution in [0.4, 0.5) is 0 Å². The van der Waals surface area contributed by atoms with E-state index in [0.717, 1.165) is 0 Å². The molecule has 1 amide bonds. The van der Waals surface area contributed by atoms with Gasteiger partial charge in [-0.05, 0) is 12.8 Å². The van der Waals surface area contributed by atoms with Gasteiger partial charge in [-0.25, -0.2) is 0 Å². The monoisotopic (exact) mass is 224 g/mol. The average Bonchev–Trinajstić information content (AvgIpc) is 2.81. The first kappa shape index (κ1) is 10.7. The van der Waals surface area contributed by atoms with E-state index >= 15 is 0 Å². The van der Waals surface area contributed by atoms with Crippen LogP contribution in [0.25, 0.3) is 0 Å². The molecular formula is C10H12N2O4. The molecule has 0 radical (unpaired) electrons. The summed E-state index contributed by atoms with van der Waals surface area (Å²) in [6.07, 6.45) is 3.95. The van der Waals surface area contributed by atoms with Crippen LogP contribution in [-0.2, 0) is 4.79 Å². The molecular weight excluding hydrogens is 212 g/mol. The third kappa shape index (κ3) is 2.05. The molecule has 6 nitrogen and oxygen atoms in total. The lowest BCUT2D eigenvalue weighted by Crippen LogP contribution is -2.42. The molecule has 86 valence electrons. The number of nitrogens with zero attached hydrogens (tertiary/aromatic N) is 2. The van der Waals surface area contributed by atoms with E-state index in [0.29, 0.717) is 24.9 Å². The molecule has 0 saturated carbocycles. The zero-order valence-electron chi connectivity index (χ0n) is 8.63. The molecule has 0 spiro atoms. The summed E-state index contributed by atoms with van der Waals surface area (Å²) in [6.45, 7) is 0.854. The number of rotatable bonds is 2. The quantitative estimate of drug-likeness (QED) is 0.795. The van der Waals surface area contributed by atoms with Crippen LogP contribution in [0.2, 0.25) is 0 Å². The molecule has 2 heterocycles. The predicted molar refractivity (Wildman–Crippen MR) is 52.8 cm³/mol. The predicted octanol–water partition coefficient (Wildman–Crippen LogP) is 0.611. The Morgan fingerprint density at radius 3 is 3.00 bits per heavy atom. The van der Waals surface area contributed by atoms with Gasteiger partial charge in [0.15, 0.2) is 0 Å². The van der Waals surface area contributed by atoms with Crippen LogP contribution in [-0.4, -0.2) is 40.1 Å². The Kier molecular flexibility index (Phi) is 2.89. The average molecular weight is 224 g/mol. The minimum atomic E-state index is -0.845. The molecule has 1 N–H and O–H groups in total. The van der Waals surface area contributed by atoms with Crippen LogP contribution in [0.15, 0.2) is 17.0 Å². The fraction of sp³-hybridized carbons (Fsp3) is 0.500. The zero-order valence-corrected chi connectivity index (χ0v) is 8.63. The lowest BCUT2D eigenvalue weighted by molar-refractivity contribution is -0.143. The molecule has 1 saturated heterocycles. The molecule has 1 fully saturated rings. The molecule has 2 rings (SSSR count). The number of hydrogen-bond acceptors (Lipinski definition) is 4. The third-order valence-corrected chi connectivity index (χ3v) is 2.74. The van der Waals surface area contributed by atoms with Crippen molar-refractivity contribution in [2.24, 2.45) is 5.92 Å². The van der Waals surface area contributed by atoms with Gasteiger partial charge in [-0.15, -0.1) is 0 Å². The molecule has 1 aliphatic heterocycles. The van der Waals surface area contributed by atoms with Crippen LogP contribution in [0.3, 0.4) is 0 Å². The highest BCUT2D eigenvalue weighted by molar-refractivity contribution is 5.93. The van der Waals surface area contributed by atoms with Crippen molar-refractivity contribution in [3.8, 4) is 0 Å². The highest BCUT2D eigenvalue weighted by atomic mass is 16.5. The number of piperidine rings is 1. The van der Waals surface area contributed by atoms with Crippen LogP contribution < -0.4 is 0 Å². The van der Waals surface area contributed by atoms with E-state index in [1.165, 1.54) is 17.4 Å². The Bertz CT molecular complexity index is 388. The summed E-state index contributed by atoms with van der Waals surface area (Å²) in [7, 11) is 0. The van der Waals surface area contributed by atoms with E-state index in [2.05, 4.69) is 9.68 Å². The van der Waals surface area contributed by atoms with Crippen molar-refractivity contribution in [1.82, 2.24) is 10.1 Å². The van der Waals surface area contributed by atoms with Crippen molar-refractivity contribution in [2.75, 3.05) is 13.1 Å². The molecule has 1 aromatic heterocycles. The number of carboxylic acids is 1. The van der Waals surface area contributed by atoms with E-state index in [4.69, 9.17) is 5.11 Å². The first-order chi connectivity index (χ1) is 7.68. The minimum Gasteiger partial charge on any atom is -0.481 e. The molecule has 1 unspecified atom stereocenters. The van der Waals surface area contributed by atoms with E-state index in [1.54, 1.807) is 0 Å². The van der Waals surface area contributed by atoms with Crippen molar-refractivity contribution < 1.29 is 19.2 Å². The maximum Gasteiger partial charge on any atom is 0.308 e. The van der Waals surface area contributed by atoms with Gasteiger partial charge in [-0.2, -0.15) is 0 Å². The summed E-state index contributed by atoms with van der Waals surface area (Å²) in [6, 6.07) is 0. The highest BCUT2D eigenvalue weighted by Gasteiger charge is 2.29. The molecule has 1 aliphatic rings. The number of hydrogen-bond donors (Lipinski definition) is 1. The fourth-order valence-electron chi connectivity index (χ4n) is 1.86. The van der Waals surface area contributed by atoms with Gasteiger partial charge in [0.1, 0.15) is 6.26 Å². The van der Waals surface area contributed by atoms with Crippen molar-refractivity contribution in [3.63, 3.8) is 0 Å². The SMILES string of the molecule is O=C(O)C1CCCN(C(=O)c2cnoc2)C1. The van der Waals surface area contributed by atoms with Crippen LogP contribution >= 0.6 is 0 Å². The molecule has 1 atom stereocenters. The number of aliphatic carboxylic acids is 1. The lowest BCUT2D eigenvalue weighted by Gasteiger charge is -2.30. The third-order valence-electron chi connectivity index (χ3n) is 2.74.